The van der Waals surface area contributed by atoms with Gasteiger partial charge < -0.3 is 14.5 Å². The van der Waals surface area contributed by atoms with E-state index in [4.69, 9.17) is 0 Å². The van der Waals surface area contributed by atoms with Crippen LogP contribution in [-0.4, -0.2) is 25.9 Å². The van der Waals surface area contributed by atoms with Gasteiger partial charge in [0.15, 0.2) is 5.82 Å². The molecule has 0 bridgehead atoms. The monoisotopic (exact) mass is 261 g/mol. The van der Waals surface area contributed by atoms with Gasteiger partial charge in [-0.05, 0) is 31.0 Å². The second-order valence-corrected chi connectivity index (χ2v) is 4.89. The summed E-state index contributed by atoms with van der Waals surface area (Å²) >= 11 is 0. The molecule has 0 aliphatic carbocycles. The molecule has 0 saturated heterocycles. The zero-order chi connectivity index (χ0) is 13.7. The van der Waals surface area contributed by atoms with Crippen LogP contribution in [0.1, 0.15) is 44.1 Å². The van der Waals surface area contributed by atoms with Crippen LogP contribution >= 0.6 is 0 Å². The summed E-state index contributed by atoms with van der Waals surface area (Å²) < 4.78 is 4.11. The summed E-state index contributed by atoms with van der Waals surface area (Å²) in [5, 5.41) is 11.6. The first-order valence-corrected chi connectivity index (χ1v) is 6.96. The second-order valence-electron chi connectivity index (χ2n) is 4.89. The third kappa shape index (κ3) is 3.44. The van der Waals surface area contributed by atoms with E-state index in [2.05, 4.69) is 52.4 Å². The Morgan fingerprint density at radius 2 is 2.21 bits per heavy atom. The normalized spacial score (nSPS) is 12.8. The number of hydrogen-bond donors (Lipinski definition) is 1. The zero-order valence-corrected chi connectivity index (χ0v) is 12.0. The molecule has 1 N–H and O–H groups in total. The first kappa shape index (κ1) is 13.8. The largest absolute Gasteiger partial charge is 0.346 e. The quantitative estimate of drug-likeness (QED) is 0.830. The Bertz CT molecular complexity index is 499. The van der Waals surface area contributed by atoms with Crippen LogP contribution in [-0.2, 0) is 13.6 Å². The maximum atomic E-state index is 4.11. The van der Waals surface area contributed by atoms with Gasteiger partial charge in [-0.15, -0.1) is 10.2 Å². The van der Waals surface area contributed by atoms with Crippen molar-refractivity contribution in [2.75, 3.05) is 6.54 Å². The Morgan fingerprint density at radius 1 is 1.37 bits per heavy atom. The van der Waals surface area contributed by atoms with Crippen molar-refractivity contribution in [3.63, 3.8) is 0 Å². The fraction of sp³-hybridized carbons (Fsp3) is 0.571. The van der Waals surface area contributed by atoms with E-state index >= 15 is 0 Å². The average molecular weight is 261 g/mol. The highest BCUT2D eigenvalue weighted by Crippen LogP contribution is 2.17. The summed E-state index contributed by atoms with van der Waals surface area (Å²) in [7, 11) is 1.97. The molecule has 0 spiro atoms. The van der Waals surface area contributed by atoms with Gasteiger partial charge in [-0.2, -0.15) is 0 Å². The Hall–Kier alpha value is -1.62. The lowest BCUT2D eigenvalue weighted by Gasteiger charge is -2.15. The van der Waals surface area contributed by atoms with Crippen LogP contribution in [0.5, 0.6) is 0 Å². The maximum Gasteiger partial charge on any atom is 0.152 e. The Kier molecular flexibility index (Phi) is 4.74. The summed E-state index contributed by atoms with van der Waals surface area (Å²) in [5.41, 5.74) is 1.35. The van der Waals surface area contributed by atoms with Crippen molar-refractivity contribution in [1.29, 1.82) is 0 Å². The van der Waals surface area contributed by atoms with Crippen molar-refractivity contribution in [3.8, 4) is 0 Å². The van der Waals surface area contributed by atoms with Gasteiger partial charge in [0, 0.05) is 25.5 Å². The lowest BCUT2D eigenvalue weighted by Crippen LogP contribution is -2.21. The number of hydrogen-bond acceptors (Lipinski definition) is 3. The fourth-order valence-corrected chi connectivity index (χ4v) is 2.19. The average Bonchev–Trinajstić information content (AvgIpc) is 3.02. The van der Waals surface area contributed by atoms with Gasteiger partial charge in [-0.25, -0.2) is 0 Å². The van der Waals surface area contributed by atoms with Crippen LogP contribution in [0.3, 0.4) is 0 Å². The van der Waals surface area contributed by atoms with Gasteiger partial charge in [-0.1, -0.05) is 13.8 Å². The predicted octanol–water partition coefficient (Wildman–Crippen LogP) is 2.12. The van der Waals surface area contributed by atoms with Crippen LogP contribution in [0.15, 0.2) is 24.8 Å². The van der Waals surface area contributed by atoms with Gasteiger partial charge in [0.2, 0.25) is 0 Å². The number of aromatic nitrogens is 4. The van der Waals surface area contributed by atoms with Gasteiger partial charge >= 0.3 is 0 Å². The Balaban J connectivity index is 2.03. The van der Waals surface area contributed by atoms with Gasteiger partial charge in [0.1, 0.15) is 6.33 Å². The zero-order valence-electron chi connectivity index (χ0n) is 12.0. The molecular weight excluding hydrogens is 238 g/mol. The van der Waals surface area contributed by atoms with E-state index < -0.39 is 0 Å². The molecule has 2 aromatic rings. The minimum Gasteiger partial charge on any atom is -0.346 e. The van der Waals surface area contributed by atoms with Crippen molar-refractivity contribution in [1.82, 2.24) is 24.6 Å². The molecule has 19 heavy (non-hydrogen) atoms. The molecule has 1 atom stereocenters. The van der Waals surface area contributed by atoms with E-state index in [1.54, 1.807) is 6.33 Å². The molecule has 0 fully saturated rings. The highest BCUT2D eigenvalue weighted by Gasteiger charge is 2.10. The van der Waals surface area contributed by atoms with Crippen LogP contribution in [0.2, 0.25) is 0 Å². The molecule has 2 heterocycles. The molecule has 0 radical (unpaired) electrons. The minimum absolute atomic E-state index is 0.445. The molecule has 0 aliphatic heterocycles. The molecule has 0 saturated carbocycles. The van der Waals surface area contributed by atoms with Crippen molar-refractivity contribution >= 4 is 0 Å². The van der Waals surface area contributed by atoms with Crippen LogP contribution in [0.25, 0.3) is 0 Å². The van der Waals surface area contributed by atoms with E-state index in [0.29, 0.717) is 6.04 Å². The molecule has 0 amide bonds. The van der Waals surface area contributed by atoms with Crippen molar-refractivity contribution < 1.29 is 0 Å². The smallest absolute Gasteiger partial charge is 0.152 e. The summed E-state index contributed by atoms with van der Waals surface area (Å²) in [6.45, 7) is 6.24. The highest BCUT2D eigenvalue weighted by atomic mass is 15.3. The van der Waals surface area contributed by atoms with Gasteiger partial charge in [0.25, 0.3) is 0 Å². The third-order valence-electron chi connectivity index (χ3n) is 3.35. The van der Waals surface area contributed by atoms with Gasteiger partial charge in [-0.3, -0.25) is 0 Å². The first-order chi connectivity index (χ1) is 9.24. The molecule has 0 aromatic carbocycles. The molecule has 5 nitrogen and oxygen atoms in total. The number of nitrogens with zero attached hydrogens (tertiary/aromatic N) is 4. The first-order valence-electron chi connectivity index (χ1n) is 6.96. The van der Waals surface area contributed by atoms with E-state index in [1.165, 1.54) is 5.56 Å². The standard InChI is InChI=1S/C14H23N5/c1-4-7-15-13(5-2)12-6-8-19(9-12)10-14-17-16-11-18(14)3/h6,8-9,11,13,15H,4-5,7,10H2,1-3H3. The third-order valence-corrected chi connectivity index (χ3v) is 3.35. The van der Waals surface area contributed by atoms with Crippen LogP contribution in [0, 0.1) is 0 Å². The van der Waals surface area contributed by atoms with Crippen LogP contribution in [0.4, 0.5) is 0 Å². The van der Waals surface area contributed by atoms with Crippen LogP contribution < -0.4 is 5.32 Å². The van der Waals surface area contributed by atoms with Gasteiger partial charge in [0.05, 0.1) is 6.54 Å². The molecular formula is C14H23N5. The van der Waals surface area contributed by atoms with Crippen molar-refractivity contribution in [2.45, 2.75) is 39.3 Å². The Morgan fingerprint density at radius 3 is 2.84 bits per heavy atom. The van der Waals surface area contributed by atoms with Crippen molar-refractivity contribution in [2.24, 2.45) is 7.05 Å². The lowest BCUT2D eigenvalue weighted by atomic mass is 10.1. The topological polar surface area (TPSA) is 47.7 Å². The Labute approximate surface area is 114 Å². The maximum absolute atomic E-state index is 4.11. The van der Waals surface area contributed by atoms with Crippen molar-refractivity contribution in [3.05, 3.63) is 36.2 Å². The van der Waals surface area contributed by atoms with E-state index in [0.717, 1.165) is 31.8 Å². The minimum atomic E-state index is 0.445. The molecule has 1 unspecified atom stereocenters. The second kappa shape index (κ2) is 6.52. The highest BCUT2D eigenvalue weighted by molar-refractivity contribution is 5.16. The molecule has 5 heteroatoms. The molecule has 0 aliphatic rings. The SMILES string of the molecule is CCCNC(CC)c1ccn(Cc2nncn2C)c1. The molecule has 2 aromatic heterocycles. The number of aryl methyl sites for hydroxylation is 1. The van der Waals surface area contributed by atoms with E-state index in [1.807, 2.05) is 11.6 Å². The summed E-state index contributed by atoms with van der Waals surface area (Å²) in [6.07, 6.45) is 8.31. The fourth-order valence-electron chi connectivity index (χ4n) is 2.19. The number of nitrogens with one attached hydrogen (secondary N) is 1. The number of rotatable bonds is 7. The molecule has 2 rings (SSSR count). The lowest BCUT2D eigenvalue weighted by molar-refractivity contribution is 0.517. The summed E-state index contributed by atoms with van der Waals surface area (Å²) in [4.78, 5) is 0. The molecule has 104 valence electrons. The predicted molar refractivity (Wildman–Crippen MR) is 75.9 cm³/mol. The van der Waals surface area contributed by atoms with E-state index in [-0.39, 0.29) is 0 Å². The van der Waals surface area contributed by atoms with E-state index in [9.17, 15) is 0 Å². The summed E-state index contributed by atoms with van der Waals surface area (Å²) in [5.74, 6) is 0.969. The summed E-state index contributed by atoms with van der Waals surface area (Å²) in [6, 6.07) is 2.63.